The number of phenolic OH excluding ortho intramolecular Hbond substituents is 1. The van der Waals surface area contributed by atoms with E-state index >= 15 is 0 Å². The number of phenols is 1. The topological polar surface area (TPSA) is 61.7 Å². The van der Waals surface area contributed by atoms with Crippen LogP contribution in [0.4, 0.5) is 0 Å². The first-order valence-electron chi connectivity index (χ1n) is 9.95. The molecular formula is C25H29NO3. The third-order valence-corrected chi connectivity index (χ3v) is 5.18. The van der Waals surface area contributed by atoms with Crippen LogP contribution < -0.4 is 10.1 Å². The number of rotatable bonds is 8. The lowest BCUT2D eigenvalue weighted by atomic mass is 9.97. The second-order valence-corrected chi connectivity index (χ2v) is 7.42. The molecule has 0 aliphatic heterocycles. The second kappa shape index (κ2) is 9.59. The third-order valence-electron chi connectivity index (χ3n) is 5.18. The van der Waals surface area contributed by atoms with E-state index in [-0.39, 0.29) is 11.8 Å². The van der Waals surface area contributed by atoms with E-state index in [9.17, 15) is 10.2 Å². The lowest BCUT2D eigenvalue weighted by molar-refractivity contribution is 0.133. The summed E-state index contributed by atoms with van der Waals surface area (Å²) in [5.74, 6) is 1.03. The minimum absolute atomic E-state index is 0.131. The molecule has 0 saturated heterocycles. The summed E-state index contributed by atoms with van der Waals surface area (Å²) in [5.41, 5.74) is 5.68. The zero-order valence-corrected chi connectivity index (χ0v) is 17.2. The number of aryl methyl sites for hydroxylation is 2. The molecule has 29 heavy (non-hydrogen) atoms. The van der Waals surface area contributed by atoms with Crippen LogP contribution in [-0.2, 0) is 0 Å². The Morgan fingerprint density at radius 2 is 1.59 bits per heavy atom. The molecule has 3 N–H and O–H groups in total. The number of ether oxygens (including phenoxy) is 1. The smallest absolute Gasteiger partial charge is 0.119 e. The summed E-state index contributed by atoms with van der Waals surface area (Å²) < 4.78 is 5.88. The van der Waals surface area contributed by atoms with Crippen LogP contribution in [-0.4, -0.2) is 29.4 Å². The summed E-state index contributed by atoms with van der Waals surface area (Å²) >= 11 is 0. The van der Waals surface area contributed by atoms with E-state index in [1.54, 1.807) is 24.3 Å². The van der Waals surface area contributed by atoms with Gasteiger partial charge in [0.2, 0.25) is 0 Å². The molecule has 0 aromatic heterocycles. The van der Waals surface area contributed by atoms with Gasteiger partial charge < -0.3 is 20.3 Å². The van der Waals surface area contributed by atoms with Crippen LogP contribution in [0.1, 0.15) is 29.7 Å². The van der Waals surface area contributed by atoms with Gasteiger partial charge >= 0.3 is 0 Å². The molecule has 0 fully saturated rings. The number of hydrogen-bond donors (Lipinski definition) is 3. The van der Waals surface area contributed by atoms with Gasteiger partial charge in [0.25, 0.3) is 0 Å². The highest BCUT2D eigenvalue weighted by molar-refractivity contribution is 5.71. The Morgan fingerprint density at radius 1 is 0.897 bits per heavy atom. The Labute approximate surface area is 172 Å². The third kappa shape index (κ3) is 5.37. The molecule has 0 aliphatic rings. The van der Waals surface area contributed by atoms with Crippen molar-refractivity contribution in [3.8, 4) is 22.6 Å². The number of hydrogen-bond acceptors (Lipinski definition) is 4. The monoisotopic (exact) mass is 391 g/mol. The molecule has 2 atom stereocenters. The molecule has 0 aliphatic carbocycles. The van der Waals surface area contributed by atoms with E-state index in [4.69, 9.17) is 4.74 Å². The van der Waals surface area contributed by atoms with Crippen LogP contribution in [0.25, 0.3) is 11.1 Å². The molecule has 4 nitrogen and oxygen atoms in total. The molecule has 0 radical (unpaired) electrons. The Morgan fingerprint density at radius 3 is 2.28 bits per heavy atom. The van der Waals surface area contributed by atoms with E-state index in [0.29, 0.717) is 13.2 Å². The van der Waals surface area contributed by atoms with Gasteiger partial charge in [-0.25, -0.2) is 0 Å². The van der Waals surface area contributed by atoms with E-state index in [2.05, 4.69) is 55.6 Å². The van der Waals surface area contributed by atoms with Gasteiger partial charge in [-0.3, -0.25) is 0 Å². The van der Waals surface area contributed by atoms with Gasteiger partial charge in [-0.15, -0.1) is 0 Å². The molecule has 0 saturated carbocycles. The zero-order chi connectivity index (χ0) is 20.8. The zero-order valence-electron chi connectivity index (χ0n) is 17.2. The van der Waals surface area contributed by atoms with Crippen LogP contribution in [0.5, 0.6) is 11.5 Å². The van der Waals surface area contributed by atoms with Crippen LogP contribution in [0.15, 0.2) is 66.7 Å². The highest BCUT2D eigenvalue weighted by Gasteiger charge is 2.15. The van der Waals surface area contributed by atoms with Gasteiger partial charge in [0.1, 0.15) is 18.1 Å². The number of aliphatic hydroxyl groups excluding tert-OH is 1. The predicted molar refractivity (Wildman–Crippen MR) is 117 cm³/mol. The number of aliphatic hydroxyl groups is 1. The molecule has 3 rings (SSSR count). The van der Waals surface area contributed by atoms with Crippen molar-refractivity contribution >= 4 is 0 Å². The van der Waals surface area contributed by atoms with Crippen molar-refractivity contribution in [1.29, 1.82) is 0 Å². The minimum atomic E-state index is -0.647. The van der Waals surface area contributed by atoms with Gasteiger partial charge in [-0.1, -0.05) is 42.5 Å². The number of nitrogens with one attached hydrogen (secondary N) is 1. The largest absolute Gasteiger partial charge is 0.508 e. The first-order chi connectivity index (χ1) is 14.0. The van der Waals surface area contributed by atoms with E-state index < -0.39 is 6.10 Å². The molecule has 4 heteroatoms. The number of aromatic hydroxyl groups is 1. The van der Waals surface area contributed by atoms with Crippen molar-refractivity contribution in [1.82, 2.24) is 5.32 Å². The molecule has 3 aromatic rings. The van der Waals surface area contributed by atoms with Crippen molar-refractivity contribution in [3.63, 3.8) is 0 Å². The molecule has 0 bridgehead atoms. The lowest BCUT2D eigenvalue weighted by Gasteiger charge is -2.21. The maximum absolute atomic E-state index is 10.4. The maximum Gasteiger partial charge on any atom is 0.119 e. The lowest BCUT2D eigenvalue weighted by Crippen LogP contribution is -2.35. The molecule has 152 valence electrons. The fourth-order valence-corrected chi connectivity index (χ4v) is 3.43. The van der Waals surface area contributed by atoms with E-state index in [1.807, 2.05) is 13.0 Å². The Balaban J connectivity index is 1.51. The number of benzene rings is 3. The highest BCUT2D eigenvalue weighted by atomic mass is 16.5. The van der Waals surface area contributed by atoms with Gasteiger partial charge in [-0.2, -0.15) is 0 Å². The van der Waals surface area contributed by atoms with Crippen molar-refractivity contribution in [2.75, 3.05) is 13.2 Å². The standard InChI is InChI=1S/C25H29NO3/c1-17-6-4-5-7-23(17)24-13-12-22(16-18(24)2)29-15-14-26-19(3)25(28)20-8-10-21(27)11-9-20/h4-13,16,19,25-28H,14-15H2,1-3H3/t19-,25-/m1/s1. The SMILES string of the molecule is Cc1ccccc1-c1ccc(OCCN[C@H](C)[C@@H](O)c2ccc(O)cc2)cc1C. The van der Waals surface area contributed by atoms with Crippen molar-refractivity contribution in [3.05, 3.63) is 83.4 Å². The molecule has 0 amide bonds. The van der Waals surface area contributed by atoms with Gasteiger partial charge in [0.15, 0.2) is 0 Å². The summed E-state index contributed by atoms with van der Waals surface area (Å²) in [7, 11) is 0. The van der Waals surface area contributed by atoms with Crippen LogP contribution in [0.3, 0.4) is 0 Å². The van der Waals surface area contributed by atoms with Crippen LogP contribution in [0.2, 0.25) is 0 Å². The average molecular weight is 392 g/mol. The normalized spacial score (nSPS) is 13.1. The van der Waals surface area contributed by atoms with Gasteiger partial charge in [-0.05, 0) is 72.9 Å². The van der Waals surface area contributed by atoms with Gasteiger partial charge in [0, 0.05) is 12.6 Å². The molecular weight excluding hydrogens is 362 g/mol. The Bertz CT molecular complexity index is 937. The Kier molecular flexibility index (Phi) is 6.91. The van der Waals surface area contributed by atoms with Crippen LogP contribution in [0, 0.1) is 13.8 Å². The van der Waals surface area contributed by atoms with E-state index in [1.165, 1.54) is 22.3 Å². The fraction of sp³-hybridized carbons (Fsp3) is 0.280. The summed E-state index contributed by atoms with van der Waals surface area (Å²) in [5, 5.41) is 23.1. The summed E-state index contributed by atoms with van der Waals surface area (Å²) in [4.78, 5) is 0. The fourth-order valence-electron chi connectivity index (χ4n) is 3.43. The average Bonchev–Trinajstić information content (AvgIpc) is 2.72. The van der Waals surface area contributed by atoms with Crippen LogP contribution >= 0.6 is 0 Å². The summed E-state index contributed by atoms with van der Waals surface area (Å²) in [6.07, 6.45) is -0.647. The predicted octanol–water partition coefficient (Wildman–Crippen LogP) is 4.77. The first kappa shape index (κ1) is 20.9. The van der Waals surface area contributed by atoms with Gasteiger partial charge in [0.05, 0.1) is 6.10 Å². The van der Waals surface area contributed by atoms with Crippen molar-refractivity contribution in [2.45, 2.75) is 32.9 Å². The van der Waals surface area contributed by atoms with Crippen molar-refractivity contribution < 1.29 is 14.9 Å². The maximum atomic E-state index is 10.4. The molecule has 0 spiro atoms. The molecule has 0 unspecified atom stereocenters. The summed E-state index contributed by atoms with van der Waals surface area (Å²) in [6, 6.07) is 21.0. The first-order valence-corrected chi connectivity index (χ1v) is 9.95. The Hall–Kier alpha value is -2.82. The molecule has 3 aromatic carbocycles. The summed E-state index contributed by atoms with van der Waals surface area (Å²) in [6.45, 7) is 7.28. The quantitative estimate of drug-likeness (QED) is 0.484. The van der Waals surface area contributed by atoms with Crippen molar-refractivity contribution in [2.24, 2.45) is 0 Å². The molecule has 0 heterocycles. The second-order valence-electron chi connectivity index (χ2n) is 7.42. The van der Waals surface area contributed by atoms with E-state index in [0.717, 1.165) is 11.3 Å². The minimum Gasteiger partial charge on any atom is -0.508 e. The highest BCUT2D eigenvalue weighted by Crippen LogP contribution is 2.29.